The first kappa shape index (κ1) is 22.0. The van der Waals surface area contributed by atoms with Gasteiger partial charge in [0.05, 0.1) is 10.9 Å². The van der Waals surface area contributed by atoms with Crippen LogP contribution in [0.1, 0.15) is 27.4 Å². The van der Waals surface area contributed by atoms with Gasteiger partial charge in [0.2, 0.25) is 0 Å². The number of hydrogen-bond donors (Lipinski definition) is 2. The average molecular weight is 504 g/mol. The minimum absolute atomic E-state index is 0.0958. The summed E-state index contributed by atoms with van der Waals surface area (Å²) in [5.41, 5.74) is 7.55. The van der Waals surface area contributed by atoms with Gasteiger partial charge in [-0.15, -0.1) is 0 Å². The molecule has 2 aliphatic rings. The molecule has 2 aromatic heterocycles. The number of fused-ring (bicyclic) bond motifs is 2. The summed E-state index contributed by atoms with van der Waals surface area (Å²) in [6.45, 7) is 1.02. The minimum Gasteiger partial charge on any atom is -0.375 e. The van der Waals surface area contributed by atoms with Gasteiger partial charge in [0, 0.05) is 29.7 Å². The number of benzene rings is 2. The SMILES string of the molecule is Nc1nc(C(=O)N2C[C@H]3C[C@H]3[C@H]2CNC(=O)c2nccc3ccccc23)c(-c2cccc(Cl)c2)s1. The molecule has 2 aromatic carbocycles. The van der Waals surface area contributed by atoms with Gasteiger partial charge in [0.15, 0.2) is 5.13 Å². The molecule has 176 valence electrons. The lowest BCUT2D eigenvalue weighted by Gasteiger charge is -2.27. The van der Waals surface area contributed by atoms with E-state index >= 15 is 0 Å². The molecule has 7 nitrogen and oxygen atoms in total. The molecule has 0 spiro atoms. The molecule has 1 aliphatic heterocycles. The molecule has 6 rings (SSSR count). The number of nitrogens with two attached hydrogens (primary N) is 1. The highest BCUT2D eigenvalue weighted by molar-refractivity contribution is 7.19. The molecule has 2 fully saturated rings. The highest BCUT2D eigenvalue weighted by atomic mass is 35.5. The van der Waals surface area contributed by atoms with Crippen LogP contribution in [0, 0.1) is 11.8 Å². The van der Waals surface area contributed by atoms with Crippen molar-refractivity contribution in [3.8, 4) is 10.4 Å². The zero-order chi connectivity index (χ0) is 24.1. The van der Waals surface area contributed by atoms with E-state index in [0.29, 0.717) is 51.3 Å². The van der Waals surface area contributed by atoms with E-state index in [0.717, 1.165) is 22.8 Å². The highest BCUT2D eigenvalue weighted by Gasteiger charge is 2.54. The molecule has 0 bridgehead atoms. The molecule has 3 N–H and O–H groups in total. The van der Waals surface area contributed by atoms with Crippen molar-refractivity contribution in [2.45, 2.75) is 12.5 Å². The number of aromatic nitrogens is 2. The molecule has 35 heavy (non-hydrogen) atoms. The number of piperidine rings is 1. The monoisotopic (exact) mass is 503 g/mol. The van der Waals surface area contributed by atoms with Crippen LogP contribution in [0.3, 0.4) is 0 Å². The molecule has 1 aliphatic carbocycles. The first-order valence-corrected chi connectivity index (χ1v) is 12.6. The topological polar surface area (TPSA) is 101 Å². The second-order valence-corrected chi connectivity index (χ2v) is 10.5. The number of likely N-dealkylation sites (tertiary alicyclic amines) is 1. The zero-order valence-electron chi connectivity index (χ0n) is 18.6. The van der Waals surface area contributed by atoms with E-state index in [9.17, 15) is 9.59 Å². The van der Waals surface area contributed by atoms with Gasteiger partial charge in [-0.1, -0.05) is 59.3 Å². The molecule has 9 heteroatoms. The third-order valence-corrected chi connectivity index (χ3v) is 8.03. The van der Waals surface area contributed by atoms with Crippen molar-refractivity contribution in [2.24, 2.45) is 11.8 Å². The molecule has 0 unspecified atom stereocenters. The molecular weight excluding hydrogens is 482 g/mol. The molecule has 1 saturated heterocycles. The van der Waals surface area contributed by atoms with Crippen molar-refractivity contribution in [3.63, 3.8) is 0 Å². The molecule has 3 heterocycles. The fourth-order valence-electron chi connectivity index (χ4n) is 5.09. The van der Waals surface area contributed by atoms with Crippen LogP contribution < -0.4 is 11.1 Å². The molecule has 1 saturated carbocycles. The maximum absolute atomic E-state index is 13.7. The minimum atomic E-state index is -0.240. The summed E-state index contributed by atoms with van der Waals surface area (Å²) in [5, 5.41) is 5.71. The van der Waals surface area contributed by atoms with Crippen LogP contribution in [0.25, 0.3) is 21.2 Å². The number of anilines is 1. The summed E-state index contributed by atoms with van der Waals surface area (Å²) in [6.07, 6.45) is 2.71. The number of nitrogens with zero attached hydrogens (tertiary/aromatic N) is 3. The number of rotatable bonds is 5. The first-order chi connectivity index (χ1) is 17.0. The Kier molecular flexibility index (Phi) is 5.42. The van der Waals surface area contributed by atoms with E-state index in [2.05, 4.69) is 15.3 Å². The largest absolute Gasteiger partial charge is 0.375 e. The van der Waals surface area contributed by atoms with E-state index in [-0.39, 0.29) is 17.9 Å². The number of amides is 2. The Morgan fingerprint density at radius 3 is 2.86 bits per heavy atom. The van der Waals surface area contributed by atoms with Crippen LogP contribution >= 0.6 is 22.9 Å². The third-order valence-electron chi connectivity index (χ3n) is 6.86. The van der Waals surface area contributed by atoms with Crippen LogP contribution in [-0.4, -0.2) is 45.8 Å². The van der Waals surface area contributed by atoms with E-state index in [1.807, 2.05) is 53.4 Å². The Morgan fingerprint density at radius 2 is 2.00 bits per heavy atom. The van der Waals surface area contributed by atoms with Gasteiger partial charge in [-0.25, -0.2) is 4.98 Å². The fourth-order valence-corrected chi connectivity index (χ4v) is 6.10. The first-order valence-electron chi connectivity index (χ1n) is 11.4. The van der Waals surface area contributed by atoms with E-state index in [1.165, 1.54) is 11.3 Å². The fraction of sp³-hybridized carbons (Fsp3) is 0.231. The van der Waals surface area contributed by atoms with Crippen molar-refractivity contribution in [2.75, 3.05) is 18.8 Å². The third kappa shape index (κ3) is 4.02. The lowest BCUT2D eigenvalue weighted by atomic mass is 10.1. The van der Waals surface area contributed by atoms with Gasteiger partial charge in [0.25, 0.3) is 11.8 Å². The van der Waals surface area contributed by atoms with Crippen molar-refractivity contribution < 1.29 is 9.59 Å². The van der Waals surface area contributed by atoms with E-state index in [1.54, 1.807) is 12.3 Å². The van der Waals surface area contributed by atoms with E-state index < -0.39 is 0 Å². The van der Waals surface area contributed by atoms with Crippen LogP contribution in [0.2, 0.25) is 5.02 Å². The number of carbonyl (C=O) groups is 2. The van der Waals surface area contributed by atoms with Gasteiger partial charge < -0.3 is 16.0 Å². The lowest BCUT2D eigenvalue weighted by Crippen LogP contribution is -2.46. The average Bonchev–Trinajstić information content (AvgIpc) is 3.38. The number of hydrogen-bond acceptors (Lipinski definition) is 6. The van der Waals surface area contributed by atoms with Crippen molar-refractivity contribution in [3.05, 3.63) is 77.2 Å². The van der Waals surface area contributed by atoms with Crippen LogP contribution in [0.15, 0.2) is 60.8 Å². The molecule has 2 amide bonds. The standard InChI is InChI=1S/C26H22ClN5O2S/c27-17-6-3-5-15(10-17)23-22(31-26(28)35-23)25(34)32-13-16-11-19(16)20(32)12-30-24(33)21-18-7-2-1-4-14(18)8-9-29-21/h1-10,16,19-20H,11-13H2,(H2,28,31)(H,30,33)/t16-,19-,20-/m1/s1. The maximum Gasteiger partial charge on any atom is 0.274 e. The van der Waals surface area contributed by atoms with Crippen molar-refractivity contribution >= 4 is 50.7 Å². The Balaban J connectivity index is 1.23. The summed E-state index contributed by atoms with van der Waals surface area (Å²) in [4.78, 5) is 37.9. The van der Waals surface area contributed by atoms with Crippen molar-refractivity contribution in [1.29, 1.82) is 0 Å². The highest BCUT2D eigenvalue weighted by Crippen LogP contribution is 2.50. The zero-order valence-corrected chi connectivity index (χ0v) is 20.2. The van der Waals surface area contributed by atoms with Gasteiger partial charge >= 0.3 is 0 Å². The Hall–Kier alpha value is -3.49. The summed E-state index contributed by atoms with van der Waals surface area (Å²) in [7, 11) is 0. The number of pyridine rings is 1. The number of nitrogen functional groups attached to an aromatic ring is 1. The molecular formula is C26H22ClN5O2S. The number of carbonyl (C=O) groups excluding carboxylic acids is 2. The number of nitrogens with one attached hydrogen (secondary N) is 1. The number of halogens is 1. The van der Waals surface area contributed by atoms with Gasteiger partial charge in [-0.3, -0.25) is 14.6 Å². The van der Waals surface area contributed by atoms with Crippen LogP contribution in [-0.2, 0) is 0 Å². The normalized spacial score (nSPS) is 20.6. The second kappa shape index (κ2) is 8.62. The molecule has 4 aromatic rings. The molecule has 0 radical (unpaired) electrons. The molecule has 3 atom stereocenters. The van der Waals surface area contributed by atoms with Crippen LogP contribution in [0.5, 0.6) is 0 Å². The predicted octanol–water partition coefficient (Wildman–Crippen LogP) is 4.48. The van der Waals surface area contributed by atoms with Gasteiger partial charge in [-0.05, 0) is 47.4 Å². The predicted molar refractivity (Wildman–Crippen MR) is 137 cm³/mol. The quantitative estimate of drug-likeness (QED) is 0.418. The Morgan fingerprint density at radius 1 is 1.14 bits per heavy atom. The second-order valence-electron chi connectivity index (χ2n) is 9.02. The van der Waals surface area contributed by atoms with Gasteiger partial charge in [-0.2, -0.15) is 0 Å². The Labute approximate surface area is 210 Å². The van der Waals surface area contributed by atoms with E-state index in [4.69, 9.17) is 17.3 Å². The summed E-state index contributed by atoms with van der Waals surface area (Å²) in [5.74, 6) is 0.436. The summed E-state index contributed by atoms with van der Waals surface area (Å²) >= 11 is 7.45. The summed E-state index contributed by atoms with van der Waals surface area (Å²) in [6, 6.07) is 16.8. The Bertz CT molecular complexity index is 1470. The lowest BCUT2D eigenvalue weighted by molar-refractivity contribution is 0.0690. The smallest absolute Gasteiger partial charge is 0.274 e. The van der Waals surface area contributed by atoms with Crippen molar-refractivity contribution in [1.82, 2.24) is 20.2 Å². The van der Waals surface area contributed by atoms with Crippen LogP contribution in [0.4, 0.5) is 5.13 Å². The number of thiazole rings is 1. The van der Waals surface area contributed by atoms with Gasteiger partial charge in [0.1, 0.15) is 11.4 Å². The summed E-state index contributed by atoms with van der Waals surface area (Å²) < 4.78 is 0. The maximum atomic E-state index is 13.7.